The van der Waals surface area contributed by atoms with Crippen LogP contribution in [0.2, 0.25) is 0 Å². The zero-order valence-electron chi connectivity index (χ0n) is 45.7. The average Bonchev–Trinajstić information content (AvgIpc) is 1.69. The van der Waals surface area contributed by atoms with Crippen LogP contribution in [0.5, 0.6) is 0 Å². The van der Waals surface area contributed by atoms with Crippen LogP contribution in [-0.4, -0.2) is 0 Å². The van der Waals surface area contributed by atoms with Gasteiger partial charge in [0.2, 0.25) is 0 Å². The lowest BCUT2D eigenvalue weighted by Gasteiger charge is -2.35. The molecular formula is C80H52N2O2. The first-order valence-corrected chi connectivity index (χ1v) is 28.9. The second-order valence-corrected chi connectivity index (χ2v) is 22.2. The molecule has 394 valence electrons. The van der Waals surface area contributed by atoms with Crippen molar-refractivity contribution in [2.24, 2.45) is 0 Å². The molecule has 2 aromatic heterocycles. The van der Waals surface area contributed by atoms with Crippen LogP contribution in [0.3, 0.4) is 0 Å². The molecule has 0 saturated heterocycles. The number of nitrogens with zero attached hydrogens (tertiary/aromatic N) is 2. The van der Waals surface area contributed by atoms with Gasteiger partial charge in [0.1, 0.15) is 22.3 Å². The van der Waals surface area contributed by atoms with Crippen molar-refractivity contribution in [1.82, 2.24) is 0 Å². The summed E-state index contributed by atoms with van der Waals surface area (Å²) >= 11 is 0. The van der Waals surface area contributed by atoms with Crippen LogP contribution in [0.25, 0.3) is 66.1 Å². The maximum absolute atomic E-state index is 6.72. The van der Waals surface area contributed by atoms with E-state index in [2.05, 4.69) is 319 Å². The molecule has 0 N–H and O–H groups in total. The largest absolute Gasteiger partial charge is 0.456 e. The molecule has 0 amide bonds. The van der Waals surface area contributed by atoms with Gasteiger partial charge in [0.25, 0.3) is 0 Å². The topological polar surface area (TPSA) is 32.8 Å². The van der Waals surface area contributed by atoms with E-state index in [4.69, 9.17) is 8.83 Å². The summed E-state index contributed by atoms with van der Waals surface area (Å²) in [6.07, 6.45) is 0. The lowest BCUT2D eigenvalue weighted by atomic mass is 9.67. The number of fused-ring (bicyclic) bond motifs is 12. The van der Waals surface area contributed by atoms with E-state index >= 15 is 0 Å². The van der Waals surface area contributed by atoms with Crippen LogP contribution in [0, 0.1) is 0 Å². The van der Waals surface area contributed by atoms with Crippen LogP contribution in [0.15, 0.2) is 324 Å². The van der Waals surface area contributed by atoms with Crippen LogP contribution < -0.4 is 9.80 Å². The van der Waals surface area contributed by atoms with Gasteiger partial charge in [-0.05, 0) is 146 Å². The Labute approximate surface area is 487 Å². The third-order valence-electron chi connectivity index (χ3n) is 18.0. The second kappa shape index (κ2) is 18.8. The summed E-state index contributed by atoms with van der Waals surface area (Å²) in [7, 11) is 0. The van der Waals surface area contributed by atoms with Gasteiger partial charge in [0.05, 0.1) is 21.9 Å². The average molecular weight is 1070 g/mol. The van der Waals surface area contributed by atoms with Gasteiger partial charge in [-0.3, -0.25) is 0 Å². The lowest BCUT2D eigenvalue weighted by Crippen LogP contribution is -2.28. The highest BCUT2D eigenvalue weighted by atomic mass is 16.3. The van der Waals surface area contributed by atoms with Crippen molar-refractivity contribution in [3.05, 3.63) is 360 Å². The number of anilines is 6. The van der Waals surface area contributed by atoms with E-state index in [-0.39, 0.29) is 0 Å². The molecule has 13 aromatic carbocycles. The molecule has 15 aromatic rings. The van der Waals surface area contributed by atoms with E-state index in [0.717, 1.165) is 78.0 Å². The van der Waals surface area contributed by atoms with Crippen molar-refractivity contribution >= 4 is 78.0 Å². The molecule has 0 bridgehead atoms. The number of rotatable bonds is 10. The van der Waals surface area contributed by atoms with E-state index in [1.807, 2.05) is 6.07 Å². The first kappa shape index (κ1) is 47.8. The van der Waals surface area contributed by atoms with Crippen molar-refractivity contribution in [3.8, 4) is 22.3 Å². The normalized spacial score (nSPS) is 13.4. The van der Waals surface area contributed by atoms with Crippen molar-refractivity contribution in [2.75, 3.05) is 9.80 Å². The Morgan fingerprint density at radius 3 is 1.18 bits per heavy atom. The molecule has 0 radical (unpaired) electrons. The van der Waals surface area contributed by atoms with Gasteiger partial charge >= 0.3 is 0 Å². The fraction of sp³-hybridized carbons (Fsp3) is 0.0250. The second-order valence-electron chi connectivity index (χ2n) is 22.2. The summed E-state index contributed by atoms with van der Waals surface area (Å²) in [6, 6.07) is 115. The van der Waals surface area contributed by atoms with Gasteiger partial charge in [-0.1, -0.05) is 231 Å². The van der Waals surface area contributed by atoms with Gasteiger partial charge in [-0.2, -0.15) is 0 Å². The molecule has 0 unspecified atom stereocenters. The molecule has 4 heteroatoms. The van der Waals surface area contributed by atoms with Crippen molar-refractivity contribution in [2.45, 2.75) is 10.8 Å². The third kappa shape index (κ3) is 6.95. The minimum atomic E-state index is -0.611. The Kier molecular flexibility index (Phi) is 10.7. The minimum absolute atomic E-state index is 0.606. The maximum atomic E-state index is 6.72. The summed E-state index contributed by atoms with van der Waals surface area (Å²) in [5.41, 5.74) is 22.9. The van der Waals surface area contributed by atoms with Crippen LogP contribution >= 0.6 is 0 Å². The molecule has 0 saturated carbocycles. The number of benzene rings is 13. The Morgan fingerprint density at radius 1 is 0.226 bits per heavy atom. The molecule has 4 nitrogen and oxygen atoms in total. The fourth-order valence-electron chi connectivity index (χ4n) is 14.6. The molecule has 17 rings (SSSR count). The van der Waals surface area contributed by atoms with E-state index < -0.39 is 10.8 Å². The highest BCUT2D eigenvalue weighted by molar-refractivity contribution is 6.14. The molecule has 0 spiro atoms. The molecule has 2 heterocycles. The predicted molar refractivity (Wildman–Crippen MR) is 345 cm³/mol. The Morgan fingerprint density at radius 2 is 0.607 bits per heavy atom. The van der Waals surface area contributed by atoms with Gasteiger partial charge in [-0.25, -0.2) is 0 Å². The van der Waals surface area contributed by atoms with Gasteiger partial charge < -0.3 is 18.6 Å². The zero-order valence-corrected chi connectivity index (χ0v) is 45.7. The lowest BCUT2D eigenvalue weighted by molar-refractivity contribution is 0.668. The van der Waals surface area contributed by atoms with Crippen LogP contribution in [0.1, 0.15) is 44.5 Å². The van der Waals surface area contributed by atoms with Gasteiger partial charge in [0.15, 0.2) is 0 Å². The molecule has 0 atom stereocenters. The van der Waals surface area contributed by atoms with E-state index in [1.54, 1.807) is 0 Å². The first-order valence-electron chi connectivity index (χ1n) is 28.9. The zero-order chi connectivity index (χ0) is 55.3. The number of furan rings is 2. The summed E-state index contributed by atoms with van der Waals surface area (Å²) < 4.78 is 13.4. The molecule has 0 aliphatic heterocycles. The summed E-state index contributed by atoms with van der Waals surface area (Å²) in [5, 5.41) is 4.27. The quantitative estimate of drug-likeness (QED) is 0.137. The highest BCUT2D eigenvalue weighted by Crippen LogP contribution is 2.60. The van der Waals surface area contributed by atoms with E-state index in [9.17, 15) is 0 Å². The van der Waals surface area contributed by atoms with Crippen molar-refractivity contribution < 1.29 is 8.83 Å². The molecule has 2 aliphatic carbocycles. The Hall–Kier alpha value is -10.9. The fourth-order valence-corrected chi connectivity index (χ4v) is 14.6. The Bertz CT molecular complexity index is 4960. The van der Waals surface area contributed by atoms with Crippen LogP contribution in [0.4, 0.5) is 34.1 Å². The summed E-state index contributed by atoms with van der Waals surface area (Å²) in [4.78, 5) is 4.87. The standard InChI is InChI=1S/C80H52N2O2/c1-5-23-53(24-6-1)79(54-25-7-2-8-26-54)69-37-17-13-33-62(69)64-46-43-59(50-71(64)79)81(61-45-48-67-66-35-15-19-40-74(66)84-77(67)52-61)57-31-21-32-58(49-57)82(73-39-22-42-76-78(73)68-36-16-20-41-75(68)83-76)60-44-47-65-63-34-14-18-38-70(63)80(72(65)51-60,55-27-9-3-10-28-55)56-29-11-4-12-30-56/h1-52H. The third-order valence-corrected chi connectivity index (χ3v) is 18.0. The molecule has 0 fully saturated rings. The number of para-hydroxylation sites is 2. The number of hydrogen-bond donors (Lipinski definition) is 0. The van der Waals surface area contributed by atoms with Crippen LogP contribution in [-0.2, 0) is 10.8 Å². The minimum Gasteiger partial charge on any atom is -0.456 e. The van der Waals surface area contributed by atoms with Gasteiger partial charge in [-0.15, -0.1) is 0 Å². The summed E-state index contributed by atoms with van der Waals surface area (Å²) in [6.45, 7) is 0. The smallest absolute Gasteiger partial charge is 0.137 e. The van der Waals surface area contributed by atoms with E-state index in [1.165, 1.54) is 66.8 Å². The van der Waals surface area contributed by atoms with Crippen molar-refractivity contribution in [1.29, 1.82) is 0 Å². The molecular weight excluding hydrogens is 1020 g/mol. The Balaban J connectivity index is 0.925. The van der Waals surface area contributed by atoms with E-state index in [0.29, 0.717) is 0 Å². The first-order chi connectivity index (χ1) is 41.7. The molecule has 84 heavy (non-hydrogen) atoms. The maximum Gasteiger partial charge on any atom is 0.137 e. The highest BCUT2D eigenvalue weighted by Gasteiger charge is 2.48. The van der Waals surface area contributed by atoms with Crippen molar-refractivity contribution in [3.63, 3.8) is 0 Å². The van der Waals surface area contributed by atoms with Gasteiger partial charge in [0, 0.05) is 50.7 Å². The predicted octanol–water partition coefficient (Wildman–Crippen LogP) is 21.2. The number of hydrogen-bond acceptors (Lipinski definition) is 4. The SMILES string of the molecule is c1ccc(C2(c3ccccc3)c3ccccc3-c3ccc(N(c4cccc(N(c5ccc6c(c5)C(c5ccccc5)(c5ccccc5)c5ccccc5-6)c5cccc6oc7ccccc7c56)c4)c4ccc5c(c4)oc4ccccc45)cc32)cc1. The summed E-state index contributed by atoms with van der Waals surface area (Å²) in [5.74, 6) is 0. The molecule has 2 aliphatic rings. The monoisotopic (exact) mass is 1070 g/mol.